The number of hydrogen-bond donors (Lipinski definition) is 3. The number of nitrogens with two attached hydrogens (primary N) is 1. The van der Waals surface area contributed by atoms with Crippen LogP contribution in [0.1, 0.15) is 40.5 Å². The first-order valence-electron chi connectivity index (χ1n) is 5.50. The summed E-state index contributed by atoms with van der Waals surface area (Å²) in [5.74, 6) is 0.0601. The van der Waals surface area contributed by atoms with Crippen molar-refractivity contribution in [2.24, 2.45) is 5.73 Å². The van der Waals surface area contributed by atoms with Gasteiger partial charge in [-0.25, -0.2) is 0 Å². The van der Waals surface area contributed by atoms with Crippen molar-refractivity contribution in [1.29, 1.82) is 5.41 Å². The van der Waals surface area contributed by atoms with E-state index in [1.54, 1.807) is 6.92 Å². The van der Waals surface area contributed by atoms with Gasteiger partial charge < -0.3 is 15.8 Å². The molecule has 0 aliphatic heterocycles. The third-order valence-electron chi connectivity index (χ3n) is 1.79. The Hall–Kier alpha value is -1.10. The molecule has 16 heavy (non-hydrogen) atoms. The van der Waals surface area contributed by atoms with Gasteiger partial charge in [0.25, 0.3) is 0 Å². The van der Waals surface area contributed by atoms with Gasteiger partial charge in [-0.05, 0) is 40.5 Å². The van der Waals surface area contributed by atoms with E-state index < -0.39 is 11.6 Å². The lowest BCUT2D eigenvalue weighted by Gasteiger charge is -2.22. The Morgan fingerprint density at radius 1 is 1.50 bits per heavy atom. The van der Waals surface area contributed by atoms with Crippen LogP contribution in [0.5, 0.6) is 0 Å². The van der Waals surface area contributed by atoms with Crippen molar-refractivity contribution in [1.82, 2.24) is 5.32 Å². The highest BCUT2D eigenvalue weighted by atomic mass is 16.6. The molecule has 0 fully saturated rings. The maximum atomic E-state index is 11.5. The van der Waals surface area contributed by atoms with Gasteiger partial charge in [-0.2, -0.15) is 0 Å². The lowest BCUT2D eigenvalue weighted by Crippen LogP contribution is -2.37. The number of hydrogen-bond acceptors (Lipinski definition) is 4. The van der Waals surface area contributed by atoms with Crippen LogP contribution in [0.25, 0.3) is 0 Å². The number of carbonyl (C=O) groups excluding carboxylic acids is 1. The van der Waals surface area contributed by atoms with Crippen LogP contribution in [0.15, 0.2) is 0 Å². The average Bonchev–Trinajstić information content (AvgIpc) is 2.08. The van der Waals surface area contributed by atoms with Crippen molar-refractivity contribution >= 4 is 11.8 Å². The summed E-state index contributed by atoms with van der Waals surface area (Å²) in [6, 6.07) is -0.577. The highest BCUT2D eigenvalue weighted by Crippen LogP contribution is 2.09. The molecule has 5 heteroatoms. The van der Waals surface area contributed by atoms with Crippen molar-refractivity contribution in [3.8, 4) is 0 Å². The number of nitrogens with one attached hydrogen (secondary N) is 2. The monoisotopic (exact) mass is 229 g/mol. The number of carbonyl (C=O) groups is 1. The van der Waals surface area contributed by atoms with E-state index in [2.05, 4.69) is 5.32 Å². The minimum absolute atomic E-state index is 0.362. The number of ether oxygens (including phenoxy) is 1. The van der Waals surface area contributed by atoms with Gasteiger partial charge in [0, 0.05) is 6.54 Å². The lowest BCUT2D eigenvalue weighted by molar-refractivity contribution is -0.156. The van der Waals surface area contributed by atoms with Crippen LogP contribution < -0.4 is 11.1 Å². The summed E-state index contributed by atoms with van der Waals surface area (Å²) < 4.78 is 5.15. The first-order chi connectivity index (χ1) is 7.22. The highest BCUT2D eigenvalue weighted by molar-refractivity contribution is 5.76. The predicted octanol–water partition coefficient (Wildman–Crippen LogP) is 1.02. The first-order valence-corrected chi connectivity index (χ1v) is 5.50. The van der Waals surface area contributed by atoms with Crippen LogP contribution >= 0.6 is 0 Å². The second-order valence-electron chi connectivity index (χ2n) is 4.83. The van der Waals surface area contributed by atoms with Crippen molar-refractivity contribution in [3.05, 3.63) is 0 Å². The molecule has 5 nitrogen and oxygen atoms in total. The largest absolute Gasteiger partial charge is 0.459 e. The minimum Gasteiger partial charge on any atom is -0.459 e. The number of rotatable bonds is 5. The second-order valence-corrected chi connectivity index (χ2v) is 4.83. The number of amidine groups is 1. The average molecular weight is 229 g/mol. The van der Waals surface area contributed by atoms with Crippen molar-refractivity contribution in [3.63, 3.8) is 0 Å². The Balaban J connectivity index is 3.76. The second kappa shape index (κ2) is 6.48. The molecule has 0 spiro atoms. The van der Waals surface area contributed by atoms with E-state index in [1.807, 2.05) is 20.8 Å². The van der Waals surface area contributed by atoms with Crippen LogP contribution in [-0.4, -0.2) is 30.0 Å². The zero-order valence-electron chi connectivity index (χ0n) is 10.6. The van der Waals surface area contributed by atoms with Gasteiger partial charge in [0.2, 0.25) is 0 Å². The van der Waals surface area contributed by atoms with Gasteiger partial charge in [-0.15, -0.1) is 0 Å². The SMILES string of the molecule is CC(=N)NCCCC(N)C(=O)OC(C)(C)C. The molecule has 0 aliphatic carbocycles. The molecular weight excluding hydrogens is 206 g/mol. The Morgan fingerprint density at radius 2 is 2.06 bits per heavy atom. The summed E-state index contributed by atoms with van der Waals surface area (Å²) in [5.41, 5.74) is 5.20. The molecule has 1 atom stereocenters. The quantitative estimate of drug-likeness (QED) is 0.284. The molecule has 0 aromatic rings. The van der Waals surface area contributed by atoms with Gasteiger partial charge in [-0.3, -0.25) is 10.2 Å². The predicted molar refractivity (Wildman–Crippen MR) is 64.5 cm³/mol. The molecule has 0 saturated carbocycles. The van der Waals surface area contributed by atoms with E-state index in [0.717, 1.165) is 6.42 Å². The molecule has 0 heterocycles. The molecule has 1 unspecified atom stereocenters. The molecule has 0 radical (unpaired) electrons. The Kier molecular flexibility index (Phi) is 6.03. The van der Waals surface area contributed by atoms with Crippen LogP contribution in [0.4, 0.5) is 0 Å². The Bertz CT molecular complexity index is 246. The van der Waals surface area contributed by atoms with Gasteiger partial charge in [0.1, 0.15) is 11.6 Å². The lowest BCUT2D eigenvalue weighted by atomic mass is 10.1. The van der Waals surface area contributed by atoms with Crippen molar-refractivity contribution < 1.29 is 9.53 Å². The summed E-state index contributed by atoms with van der Waals surface area (Å²) in [5, 5.41) is 10.0. The molecule has 0 rings (SSSR count). The van der Waals surface area contributed by atoms with Crippen LogP contribution in [-0.2, 0) is 9.53 Å². The van der Waals surface area contributed by atoms with Gasteiger partial charge >= 0.3 is 5.97 Å². The maximum absolute atomic E-state index is 11.5. The van der Waals surface area contributed by atoms with E-state index in [0.29, 0.717) is 18.8 Å². The maximum Gasteiger partial charge on any atom is 0.323 e. The normalized spacial score (nSPS) is 13.1. The van der Waals surface area contributed by atoms with E-state index in [1.165, 1.54) is 0 Å². The van der Waals surface area contributed by atoms with E-state index in [9.17, 15) is 4.79 Å². The molecule has 0 bridgehead atoms. The van der Waals surface area contributed by atoms with Crippen LogP contribution in [0, 0.1) is 5.41 Å². The highest BCUT2D eigenvalue weighted by Gasteiger charge is 2.21. The topological polar surface area (TPSA) is 88.2 Å². The minimum atomic E-state index is -0.577. The number of esters is 1. The molecule has 0 aromatic heterocycles. The molecule has 0 amide bonds. The Labute approximate surface area is 97.2 Å². The van der Waals surface area contributed by atoms with E-state index >= 15 is 0 Å². The zero-order valence-corrected chi connectivity index (χ0v) is 10.6. The molecule has 94 valence electrons. The summed E-state index contributed by atoms with van der Waals surface area (Å²) in [6.45, 7) is 7.78. The fraction of sp³-hybridized carbons (Fsp3) is 0.818. The summed E-state index contributed by atoms with van der Waals surface area (Å²) in [7, 11) is 0. The van der Waals surface area contributed by atoms with Crippen molar-refractivity contribution in [2.75, 3.05) is 6.54 Å². The molecule has 4 N–H and O–H groups in total. The van der Waals surface area contributed by atoms with Crippen LogP contribution in [0.2, 0.25) is 0 Å². The van der Waals surface area contributed by atoms with Crippen LogP contribution in [0.3, 0.4) is 0 Å². The van der Waals surface area contributed by atoms with Gasteiger partial charge in [-0.1, -0.05) is 0 Å². The van der Waals surface area contributed by atoms with Gasteiger partial charge in [0.15, 0.2) is 0 Å². The standard InChI is InChI=1S/C11H23N3O2/c1-8(12)14-7-5-6-9(13)10(15)16-11(2,3)4/h9H,5-7,13H2,1-4H3,(H2,12,14). The molecule has 0 aromatic carbocycles. The fourth-order valence-corrected chi connectivity index (χ4v) is 1.09. The first kappa shape index (κ1) is 14.9. The third-order valence-corrected chi connectivity index (χ3v) is 1.79. The molecular formula is C11H23N3O2. The summed E-state index contributed by atoms with van der Waals surface area (Å²) >= 11 is 0. The van der Waals surface area contributed by atoms with Crippen molar-refractivity contribution in [2.45, 2.75) is 52.2 Å². The zero-order chi connectivity index (χ0) is 12.8. The smallest absolute Gasteiger partial charge is 0.323 e. The Morgan fingerprint density at radius 3 is 2.50 bits per heavy atom. The van der Waals surface area contributed by atoms with E-state index in [-0.39, 0.29) is 5.97 Å². The van der Waals surface area contributed by atoms with E-state index in [4.69, 9.17) is 15.9 Å². The molecule has 0 saturated heterocycles. The summed E-state index contributed by atoms with van der Waals surface area (Å²) in [4.78, 5) is 11.5. The van der Waals surface area contributed by atoms with Gasteiger partial charge in [0.05, 0.1) is 5.84 Å². The summed E-state index contributed by atoms with van der Waals surface area (Å²) in [6.07, 6.45) is 1.31. The fourth-order valence-electron chi connectivity index (χ4n) is 1.09. The third kappa shape index (κ3) is 8.23. The molecule has 0 aliphatic rings.